The highest BCUT2D eigenvalue weighted by Crippen LogP contribution is 2.38. The van der Waals surface area contributed by atoms with Crippen LogP contribution in [0.5, 0.6) is 0 Å². The van der Waals surface area contributed by atoms with E-state index >= 15 is 0 Å². The van der Waals surface area contributed by atoms with E-state index in [0.717, 1.165) is 17.1 Å². The van der Waals surface area contributed by atoms with Gasteiger partial charge >= 0.3 is 5.97 Å². The third-order valence-electron chi connectivity index (χ3n) is 5.14. The lowest BCUT2D eigenvalue weighted by atomic mass is 9.83. The molecule has 6 heteroatoms. The molecule has 0 atom stereocenters. The minimum atomic E-state index is -2.52. The Bertz CT molecular complexity index is 801. The average Bonchev–Trinajstić information content (AvgIpc) is 2.88. The summed E-state index contributed by atoms with van der Waals surface area (Å²) in [4.78, 5) is 16.0. The molecule has 1 saturated carbocycles. The number of aryl methyl sites for hydroxylation is 1. The molecule has 136 valence electrons. The Balaban J connectivity index is 2.01. The largest absolute Gasteiger partial charge is 0.478 e. The van der Waals surface area contributed by atoms with E-state index in [0.29, 0.717) is 24.9 Å². The lowest BCUT2D eigenvalue weighted by Crippen LogP contribution is -2.26. The second kappa shape index (κ2) is 6.39. The first-order valence-electron chi connectivity index (χ1n) is 8.81. The molecule has 0 spiro atoms. The third kappa shape index (κ3) is 3.53. The molecule has 0 unspecified atom stereocenters. The van der Waals surface area contributed by atoms with Gasteiger partial charge in [-0.1, -0.05) is 13.8 Å². The van der Waals surface area contributed by atoms with E-state index < -0.39 is 11.9 Å². The van der Waals surface area contributed by atoms with Crippen LogP contribution in [-0.2, 0) is 6.42 Å². The first-order chi connectivity index (χ1) is 11.7. The zero-order valence-corrected chi connectivity index (χ0v) is 14.9. The van der Waals surface area contributed by atoms with E-state index in [4.69, 9.17) is 0 Å². The van der Waals surface area contributed by atoms with Crippen LogP contribution in [0.1, 0.15) is 72.9 Å². The van der Waals surface area contributed by atoms with Crippen LogP contribution in [0.4, 0.5) is 8.78 Å². The van der Waals surface area contributed by atoms with Crippen molar-refractivity contribution in [2.45, 2.75) is 64.7 Å². The Morgan fingerprint density at radius 3 is 2.56 bits per heavy atom. The van der Waals surface area contributed by atoms with Crippen LogP contribution >= 0.6 is 0 Å². The van der Waals surface area contributed by atoms with E-state index in [1.54, 1.807) is 12.1 Å². The van der Waals surface area contributed by atoms with Crippen molar-refractivity contribution < 1.29 is 18.7 Å². The summed E-state index contributed by atoms with van der Waals surface area (Å²) in [5.41, 5.74) is 3.62. The normalized spacial score (nSPS) is 18.2. The van der Waals surface area contributed by atoms with E-state index in [-0.39, 0.29) is 30.2 Å². The molecule has 4 nitrogen and oxygen atoms in total. The first kappa shape index (κ1) is 17.8. The fourth-order valence-electron chi connectivity index (χ4n) is 3.81. The summed E-state index contributed by atoms with van der Waals surface area (Å²) >= 11 is 0. The summed E-state index contributed by atoms with van der Waals surface area (Å²) < 4.78 is 28.9. The van der Waals surface area contributed by atoms with Crippen molar-refractivity contribution in [3.63, 3.8) is 0 Å². The van der Waals surface area contributed by atoms with Crippen molar-refractivity contribution in [2.75, 3.05) is 0 Å². The number of carbonyl (C=O) groups is 1. The zero-order chi connectivity index (χ0) is 18.4. The van der Waals surface area contributed by atoms with Gasteiger partial charge in [0.15, 0.2) is 0 Å². The maximum Gasteiger partial charge on any atom is 0.335 e. The lowest BCUT2D eigenvalue weighted by Gasteiger charge is -2.28. The van der Waals surface area contributed by atoms with Crippen LogP contribution in [-0.4, -0.2) is 26.4 Å². The fraction of sp³-hybridized carbons (Fsp3) is 0.579. The number of hydrogen-bond donors (Lipinski definition) is 1. The van der Waals surface area contributed by atoms with Crippen LogP contribution in [0.2, 0.25) is 0 Å². The second-order valence-corrected chi connectivity index (χ2v) is 7.49. The molecule has 0 bridgehead atoms. The number of halogens is 2. The molecule has 1 fully saturated rings. The van der Waals surface area contributed by atoms with Gasteiger partial charge in [-0.3, -0.25) is 0 Å². The molecule has 3 rings (SSSR count). The van der Waals surface area contributed by atoms with E-state index in [1.807, 2.05) is 25.2 Å². The Kier molecular flexibility index (Phi) is 4.56. The summed E-state index contributed by atoms with van der Waals surface area (Å²) in [6.45, 7) is 5.96. The van der Waals surface area contributed by atoms with Gasteiger partial charge in [0.05, 0.1) is 11.3 Å². The summed E-state index contributed by atoms with van der Waals surface area (Å²) in [5, 5.41) is 9.26. The lowest BCUT2D eigenvalue weighted by molar-refractivity contribution is -0.0457. The Labute approximate surface area is 145 Å². The number of carboxylic acids is 1. The van der Waals surface area contributed by atoms with Crippen molar-refractivity contribution in [1.29, 1.82) is 0 Å². The van der Waals surface area contributed by atoms with Gasteiger partial charge in [0.25, 0.3) is 0 Å². The summed E-state index contributed by atoms with van der Waals surface area (Å²) in [7, 11) is 0. The number of carboxylic acid groups (broad SMARTS) is 1. The number of rotatable bonds is 4. The molecular formula is C19H24F2N2O2. The van der Waals surface area contributed by atoms with Gasteiger partial charge in [-0.2, -0.15) is 0 Å². The van der Waals surface area contributed by atoms with Crippen molar-refractivity contribution >= 4 is 11.6 Å². The van der Waals surface area contributed by atoms with Gasteiger partial charge in [-0.05, 0) is 50.2 Å². The average molecular weight is 350 g/mol. The highest BCUT2D eigenvalue weighted by Gasteiger charge is 2.35. The Morgan fingerprint density at radius 1 is 1.36 bits per heavy atom. The van der Waals surface area contributed by atoms with Gasteiger partial charge in [-0.15, -0.1) is 0 Å². The number of fused-ring (bicyclic) bond motifs is 1. The van der Waals surface area contributed by atoms with Gasteiger partial charge < -0.3 is 9.51 Å². The van der Waals surface area contributed by atoms with Crippen LogP contribution in [0.15, 0.2) is 12.1 Å². The van der Waals surface area contributed by atoms with Crippen molar-refractivity contribution in [3.05, 3.63) is 34.8 Å². The smallest absolute Gasteiger partial charge is 0.335 e. The molecule has 2 heterocycles. The molecule has 2 aromatic rings. The topological polar surface area (TPSA) is 54.6 Å². The summed E-state index contributed by atoms with van der Waals surface area (Å²) in [6.07, 6.45) is 1.65. The van der Waals surface area contributed by atoms with E-state index in [2.05, 4.69) is 4.98 Å². The summed E-state index contributed by atoms with van der Waals surface area (Å²) in [5.74, 6) is -3.10. The molecule has 0 amide bonds. The molecule has 1 N–H and O–H groups in total. The summed E-state index contributed by atoms with van der Waals surface area (Å²) in [6, 6.07) is 3.22. The molecule has 0 saturated heterocycles. The van der Waals surface area contributed by atoms with Crippen LogP contribution < -0.4 is 0 Å². The zero-order valence-electron chi connectivity index (χ0n) is 14.9. The highest BCUT2D eigenvalue weighted by molar-refractivity contribution is 5.89. The SMILES string of the molecule is Cc1cc(C(=O)O)cc2nc(C(C)C)c(CC3CCC(F)(F)CC3)n12. The van der Waals surface area contributed by atoms with Gasteiger partial charge in [0, 0.05) is 24.2 Å². The minimum Gasteiger partial charge on any atom is -0.478 e. The van der Waals surface area contributed by atoms with Crippen molar-refractivity contribution in [3.8, 4) is 0 Å². The Hall–Kier alpha value is -1.98. The predicted molar refractivity (Wildman–Crippen MR) is 91.6 cm³/mol. The van der Waals surface area contributed by atoms with Crippen LogP contribution in [0.3, 0.4) is 0 Å². The third-order valence-corrected chi connectivity index (χ3v) is 5.14. The van der Waals surface area contributed by atoms with Crippen molar-refractivity contribution in [1.82, 2.24) is 9.38 Å². The monoisotopic (exact) mass is 350 g/mol. The number of alkyl halides is 2. The molecule has 0 aliphatic heterocycles. The number of hydrogen-bond acceptors (Lipinski definition) is 2. The predicted octanol–water partition coefficient (Wildman–Crippen LogP) is 4.83. The number of aromatic nitrogens is 2. The van der Waals surface area contributed by atoms with Gasteiger partial charge in [0.1, 0.15) is 5.65 Å². The van der Waals surface area contributed by atoms with Gasteiger partial charge in [0.2, 0.25) is 5.92 Å². The number of aromatic carboxylic acids is 1. The Morgan fingerprint density at radius 2 is 2.00 bits per heavy atom. The van der Waals surface area contributed by atoms with Crippen LogP contribution in [0, 0.1) is 12.8 Å². The molecule has 2 aromatic heterocycles. The van der Waals surface area contributed by atoms with E-state index in [9.17, 15) is 18.7 Å². The highest BCUT2D eigenvalue weighted by atomic mass is 19.3. The molecular weight excluding hydrogens is 326 g/mol. The maximum absolute atomic E-state index is 13.4. The van der Waals surface area contributed by atoms with Gasteiger partial charge in [-0.25, -0.2) is 18.6 Å². The van der Waals surface area contributed by atoms with E-state index in [1.165, 1.54) is 0 Å². The fourth-order valence-corrected chi connectivity index (χ4v) is 3.81. The molecule has 1 aliphatic rings. The molecule has 0 radical (unpaired) electrons. The van der Waals surface area contributed by atoms with Crippen LogP contribution in [0.25, 0.3) is 5.65 Å². The number of pyridine rings is 1. The number of nitrogens with zero attached hydrogens (tertiary/aromatic N) is 2. The minimum absolute atomic E-state index is 0.0481. The molecule has 1 aliphatic carbocycles. The standard InChI is InChI=1S/C19H24F2N2O2/c1-11(2)17-15(9-13-4-6-19(20,21)7-5-13)23-12(3)8-14(18(24)25)10-16(23)22-17/h8,10-11,13H,4-7,9H2,1-3H3,(H,24,25). The first-order valence-corrected chi connectivity index (χ1v) is 8.81. The maximum atomic E-state index is 13.4. The molecule has 0 aromatic carbocycles. The number of imidazole rings is 1. The molecule has 25 heavy (non-hydrogen) atoms. The quantitative estimate of drug-likeness (QED) is 0.859. The second-order valence-electron chi connectivity index (χ2n) is 7.49. The van der Waals surface area contributed by atoms with Crippen molar-refractivity contribution in [2.24, 2.45) is 5.92 Å².